The van der Waals surface area contributed by atoms with E-state index in [0.717, 1.165) is 54.9 Å². The number of aromatic nitrogens is 2. The topological polar surface area (TPSA) is 47.5 Å². The number of likely N-dealkylation sites (N-methyl/N-ethyl adjacent to an activating group) is 1. The van der Waals surface area contributed by atoms with Crippen LogP contribution in [0.1, 0.15) is 11.1 Å². The molecule has 0 atom stereocenters. The lowest BCUT2D eigenvalue weighted by Gasteiger charge is -2.33. The summed E-state index contributed by atoms with van der Waals surface area (Å²) in [5, 5.41) is 3.34. The number of anilines is 3. The van der Waals surface area contributed by atoms with Crippen LogP contribution >= 0.6 is 11.6 Å². The highest BCUT2D eigenvalue weighted by molar-refractivity contribution is 6.31. The first kappa shape index (κ1) is 23.7. The molecule has 5 rings (SSSR count). The van der Waals surface area contributed by atoms with Crippen molar-refractivity contribution in [2.75, 3.05) is 61.4 Å². The van der Waals surface area contributed by atoms with E-state index in [2.05, 4.69) is 32.1 Å². The predicted octanol–water partition coefficient (Wildman–Crippen LogP) is 5.00. The fourth-order valence-electron chi connectivity index (χ4n) is 4.54. The third-order valence-corrected chi connectivity index (χ3v) is 6.92. The zero-order valence-corrected chi connectivity index (χ0v) is 20.1. The van der Waals surface area contributed by atoms with E-state index in [4.69, 9.17) is 11.6 Å². The van der Waals surface area contributed by atoms with E-state index in [1.165, 1.54) is 12.1 Å². The van der Waals surface area contributed by atoms with Gasteiger partial charge in [-0.3, -0.25) is 0 Å². The molecule has 0 radical (unpaired) electrons. The van der Waals surface area contributed by atoms with Crippen LogP contribution in [0.4, 0.5) is 30.5 Å². The Labute approximate surface area is 207 Å². The Morgan fingerprint density at radius 1 is 0.971 bits per heavy atom. The summed E-state index contributed by atoms with van der Waals surface area (Å²) >= 11 is 6.22. The Morgan fingerprint density at radius 2 is 1.74 bits per heavy atom. The first-order chi connectivity index (χ1) is 16.8. The Hall–Kier alpha value is -3.04. The van der Waals surface area contributed by atoms with Crippen LogP contribution in [0.2, 0.25) is 5.02 Å². The second kappa shape index (κ2) is 9.54. The number of nitrogens with zero attached hydrogens (tertiary/aromatic N) is 5. The first-order valence-electron chi connectivity index (χ1n) is 11.5. The van der Waals surface area contributed by atoms with Gasteiger partial charge in [-0.25, -0.2) is 9.97 Å². The van der Waals surface area contributed by atoms with E-state index in [1.807, 2.05) is 29.3 Å². The lowest BCUT2D eigenvalue weighted by atomic mass is 10.0. The zero-order chi connectivity index (χ0) is 24.6. The predicted molar refractivity (Wildman–Crippen MR) is 133 cm³/mol. The smallest absolute Gasteiger partial charge is 0.367 e. The van der Waals surface area contributed by atoms with Crippen molar-refractivity contribution in [3.8, 4) is 11.1 Å². The summed E-state index contributed by atoms with van der Waals surface area (Å²) in [5.74, 6) is 1.58. The van der Waals surface area contributed by atoms with Crippen LogP contribution < -0.4 is 15.1 Å². The molecular weight excluding hydrogens is 477 g/mol. The number of fused-ring (bicyclic) bond motifs is 1. The summed E-state index contributed by atoms with van der Waals surface area (Å²) in [6, 6.07) is 9.88. The lowest BCUT2D eigenvalue weighted by molar-refractivity contribution is -0.138. The number of benzene rings is 1. The number of piperazine rings is 1. The van der Waals surface area contributed by atoms with Gasteiger partial charge in [0, 0.05) is 79.9 Å². The zero-order valence-electron chi connectivity index (χ0n) is 19.3. The third kappa shape index (κ3) is 5.01. The lowest BCUT2D eigenvalue weighted by Crippen LogP contribution is -2.44. The van der Waals surface area contributed by atoms with E-state index < -0.39 is 11.7 Å². The number of pyridine rings is 2. The second-order valence-corrected chi connectivity index (χ2v) is 9.31. The standard InChI is InChI=1S/C25H26ClF3N6/c1-33-9-11-34(12-10-33)23-6-5-17(14-31-23)18-13-22-24(32-15-18)30-7-8-35(22)16-19-20(25(27,28)29)3-2-4-21(19)26/h2-6,13-15H,7-12,16H2,1H3,(H,30,32). The van der Waals surface area contributed by atoms with Crippen LogP contribution in [0.3, 0.4) is 0 Å². The van der Waals surface area contributed by atoms with Crippen LogP contribution in [0, 0.1) is 0 Å². The van der Waals surface area contributed by atoms with Crippen LogP contribution in [-0.4, -0.2) is 61.2 Å². The molecule has 2 aromatic heterocycles. The van der Waals surface area contributed by atoms with Crippen LogP contribution in [0.15, 0.2) is 48.8 Å². The molecule has 0 spiro atoms. The van der Waals surface area contributed by atoms with Gasteiger partial charge in [-0.2, -0.15) is 13.2 Å². The Kier molecular flexibility index (Phi) is 6.46. The fraction of sp³-hybridized carbons (Fsp3) is 0.360. The number of hydrogen-bond acceptors (Lipinski definition) is 6. The van der Waals surface area contributed by atoms with E-state index >= 15 is 0 Å². The molecule has 1 N–H and O–H groups in total. The number of rotatable bonds is 4. The maximum absolute atomic E-state index is 13.6. The second-order valence-electron chi connectivity index (χ2n) is 8.90. The summed E-state index contributed by atoms with van der Waals surface area (Å²) in [6.45, 7) is 5.02. The molecule has 0 unspecified atom stereocenters. The molecule has 0 bridgehead atoms. The van der Waals surface area contributed by atoms with Gasteiger partial charge < -0.3 is 20.0 Å². The molecule has 2 aliphatic heterocycles. The highest BCUT2D eigenvalue weighted by Crippen LogP contribution is 2.38. The largest absolute Gasteiger partial charge is 0.416 e. The molecule has 0 aliphatic carbocycles. The van der Waals surface area contributed by atoms with Gasteiger partial charge in [-0.1, -0.05) is 17.7 Å². The summed E-state index contributed by atoms with van der Waals surface area (Å²) < 4.78 is 40.9. The molecule has 1 fully saturated rings. The highest BCUT2D eigenvalue weighted by atomic mass is 35.5. The van der Waals surface area contributed by atoms with E-state index in [0.29, 0.717) is 18.9 Å². The van der Waals surface area contributed by atoms with Gasteiger partial charge in [0.05, 0.1) is 11.3 Å². The monoisotopic (exact) mass is 502 g/mol. The SMILES string of the molecule is CN1CCN(c2ccc(-c3cnc4c(c3)N(Cc3c(Cl)cccc3C(F)(F)F)CCN4)cn2)CC1. The maximum Gasteiger partial charge on any atom is 0.416 e. The molecule has 4 heterocycles. The molecule has 35 heavy (non-hydrogen) atoms. The van der Waals surface area contributed by atoms with Crippen molar-refractivity contribution in [2.45, 2.75) is 12.7 Å². The highest BCUT2D eigenvalue weighted by Gasteiger charge is 2.35. The Morgan fingerprint density at radius 3 is 2.46 bits per heavy atom. The van der Waals surface area contributed by atoms with Crippen LogP contribution in [-0.2, 0) is 12.7 Å². The van der Waals surface area contributed by atoms with Gasteiger partial charge >= 0.3 is 6.18 Å². The molecule has 2 aliphatic rings. The molecule has 1 saturated heterocycles. The molecular formula is C25H26ClF3N6. The van der Waals surface area contributed by atoms with Gasteiger partial charge in [-0.05, 0) is 37.4 Å². The van der Waals surface area contributed by atoms with Crippen molar-refractivity contribution >= 4 is 28.9 Å². The van der Waals surface area contributed by atoms with E-state index in [-0.39, 0.29) is 17.1 Å². The third-order valence-electron chi connectivity index (χ3n) is 6.56. The fourth-order valence-corrected chi connectivity index (χ4v) is 4.77. The van der Waals surface area contributed by atoms with E-state index in [1.54, 1.807) is 6.20 Å². The summed E-state index contributed by atoms with van der Waals surface area (Å²) in [6.07, 6.45) is -0.889. The molecule has 3 aromatic rings. The Bertz CT molecular complexity index is 1190. The van der Waals surface area contributed by atoms with Gasteiger partial charge in [0.2, 0.25) is 0 Å². The van der Waals surface area contributed by atoms with Gasteiger partial charge in [0.15, 0.2) is 0 Å². The molecule has 10 heteroatoms. The average molecular weight is 503 g/mol. The van der Waals surface area contributed by atoms with Gasteiger partial charge in [0.25, 0.3) is 0 Å². The van der Waals surface area contributed by atoms with E-state index in [9.17, 15) is 13.2 Å². The van der Waals surface area contributed by atoms with Crippen molar-refractivity contribution in [3.05, 3.63) is 64.9 Å². The Balaban J connectivity index is 1.41. The summed E-state index contributed by atoms with van der Waals surface area (Å²) in [7, 11) is 2.12. The van der Waals surface area contributed by atoms with Crippen molar-refractivity contribution < 1.29 is 13.2 Å². The average Bonchev–Trinajstić information content (AvgIpc) is 2.85. The van der Waals surface area contributed by atoms with Gasteiger partial charge in [0.1, 0.15) is 11.6 Å². The van der Waals surface area contributed by atoms with Crippen LogP contribution in [0.25, 0.3) is 11.1 Å². The van der Waals surface area contributed by atoms with Crippen molar-refractivity contribution in [1.29, 1.82) is 0 Å². The minimum Gasteiger partial charge on any atom is -0.367 e. The summed E-state index contributed by atoms with van der Waals surface area (Å²) in [5.41, 5.74) is 1.85. The molecule has 0 amide bonds. The van der Waals surface area contributed by atoms with Crippen molar-refractivity contribution in [3.63, 3.8) is 0 Å². The van der Waals surface area contributed by atoms with Crippen molar-refractivity contribution in [1.82, 2.24) is 14.9 Å². The normalized spacial score (nSPS) is 16.7. The minimum atomic E-state index is -4.48. The minimum absolute atomic E-state index is 0.0366. The maximum atomic E-state index is 13.6. The molecule has 6 nitrogen and oxygen atoms in total. The number of halogens is 4. The first-order valence-corrected chi connectivity index (χ1v) is 11.9. The molecule has 184 valence electrons. The van der Waals surface area contributed by atoms with Gasteiger partial charge in [-0.15, -0.1) is 0 Å². The summed E-state index contributed by atoms with van der Waals surface area (Å²) in [4.78, 5) is 15.7. The molecule has 0 saturated carbocycles. The number of alkyl halides is 3. The van der Waals surface area contributed by atoms with Crippen LogP contribution in [0.5, 0.6) is 0 Å². The van der Waals surface area contributed by atoms with Crippen molar-refractivity contribution in [2.24, 2.45) is 0 Å². The number of hydrogen-bond donors (Lipinski definition) is 1. The quantitative estimate of drug-likeness (QED) is 0.542. The number of nitrogens with one attached hydrogen (secondary N) is 1. The molecule has 1 aromatic carbocycles.